The third kappa shape index (κ3) is 5.95. The van der Waals surface area contributed by atoms with Gasteiger partial charge < -0.3 is 18.9 Å². The predicted octanol–water partition coefficient (Wildman–Crippen LogP) is 4.28. The molecule has 0 N–H and O–H groups in total. The van der Waals surface area contributed by atoms with E-state index < -0.39 is 11.9 Å². The SMILES string of the molecule is Cc1cc(OCC(=O)Oc2ccc(C(=O)OCC3CCCO3)cc2)cc(C)c1Cl. The minimum Gasteiger partial charge on any atom is -0.482 e. The molecule has 154 valence electrons. The summed E-state index contributed by atoms with van der Waals surface area (Å²) in [5, 5.41) is 0.675. The normalized spacial score (nSPS) is 15.8. The molecule has 1 heterocycles. The molecule has 7 heteroatoms. The summed E-state index contributed by atoms with van der Waals surface area (Å²) in [7, 11) is 0. The zero-order valence-corrected chi connectivity index (χ0v) is 17.2. The van der Waals surface area contributed by atoms with Gasteiger partial charge in [0.05, 0.1) is 11.7 Å². The molecule has 0 aromatic heterocycles. The Labute approximate surface area is 174 Å². The molecule has 2 aromatic rings. The average Bonchev–Trinajstić information content (AvgIpc) is 3.23. The number of aryl methyl sites for hydroxylation is 2. The summed E-state index contributed by atoms with van der Waals surface area (Å²) in [6.07, 6.45) is 1.87. The zero-order chi connectivity index (χ0) is 20.8. The molecule has 6 nitrogen and oxygen atoms in total. The lowest BCUT2D eigenvalue weighted by Gasteiger charge is -2.11. The Kier molecular flexibility index (Phi) is 7.12. The fourth-order valence-electron chi connectivity index (χ4n) is 2.98. The van der Waals surface area contributed by atoms with E-state index in [9.17, 15) is 9.59 Å². The van der Waals surface area contributed by atoms with E-state index in [0.29, 0.717) is 28.7 Å². The first-order chi connectivity index (χ1) is 13.9. The van der Waals surface area contributed by atoms with Crippen molar-refractivity contribution in [1.82, 2.24) is 0 Å². The lowest BCUT2D eigenvalue weighted by molar-refractivity contribution is -0.136. The average molecular weight is 419 g/mol. The molecular weight excluding hydrogens is 396 g/mol. The maximum atomic E-state index is 12.1. The second kappa shape index (κ2) is 9.76. The first-order valence-corrected chi connectivity index (χ1v) is 9.79. The monoisotopic (exact) mass is 418 g/mol. The molecule has 0 spiro atoms. The Morgan fingerprint density at radius 2 is 1.79 bits per heavy atom. The fraction of sp³-hybridized carbons (Fsp3) is 0.364. The number of carbonyl (C=O) groups excluding carboxylic acids is 2. The lowest BCUT2D eigenvalue weighted by Crippen LogP contribution is -2.18. The smallest absolute Gasteiger partial charge is 0.349 e. The van der Waals surface area contributed by atoms with Crippen LogP contribution in [0.2, 0.25) is 5.02 Å². The van der Waals surface area contributed by atoms with Crippen molar-refractivity contribution < 1.29 is 28.5 Å². The Bertz CT molecular complexity index is 848. The number of hydrogen-bond donors (Lipinski definition) is 0. The number of carbonyl (C=O) groups is 2. The third-order valence-corrected chi connectivity index (χ3v) is 5.11. The van der Waals surface area contributed by atoms with Crippen LogP contribution in [0.1, 0.15) is 34.3 Å². The molecule has 1 fully saturated rings. The Morgan fingerprint density at radius 1 is 1.10 bits per heavy atom. The van der Waals surface area contributed by atoms with Crippen LogP contribution in [-0.2, 0) is 14.3 Å². The van der Waals surface area contributed by atoms with E-state index in [-0.39, 0.29) is 19.3 Å². The van der Waals surface area contributed by atoms with Crippen molar-refractivity contribution in [2.75, 3.05) is 19.8 Å². The second-order valence-electron chi connectivity index (χ2n) is 6.89. The van der Waals surface area contributed by atoms with Gasteiger partial charge in [-0.15, -0.1) is 0 Å². The van der Waals surface area contributed by atoms with Crippen molar-refractivity contribution in [1.29, 1.82) is 0 Å². The largest absolute Gasteiger partial charge is 0.482 e. The summed E-state index contributed by atoms with van der Waals surface area (Å²) in [5.74, 6) is -0.123. The molecule has 1 saturated heterocycles. The van der Waals surface area contributed by atoms with Gasteiger partial charge in [0.2, 0.25) is 0 Å². The topological polar surface area (TPSA) is 71.1 Å². The number of halogens is 1. The van der Waals surface area contributed by atoms with Crippen molar-refractivity contribution in [2.45, 2.75) is 32.8 Å². The molecule has 1 unspecified atom stereocenters. The first kappa shape index (κ1) is 21.1. The molecule has 29 heavy (non-hydrogen) atoms. The van der Waals surface area contributed by atoms with Crippen LogP contribution in [0.3, 0.4) is 0 Å². The van der Waals surface area contributed by atoms with Gasteiger partial charge in [-0.1, -0.05) is 11.6 Å². The van der Waals surface area contributed by atoms with Crippen LogP contribution in [0.5, 0.6) is 11.5 Å². The molecule has 0 bridgehead atoms. The van der Waals surface area contributed by atoms with E-state index >= 15 is 0 Å². The summed E-state index contributed by atoms with van der Waals surface area (Å²) in [6, 6.07) is 9.70. The quantitative estimate of drug-likeness (QED) is 0.493. The molecule has 0 radical (unpaired) electrons. The van der Waals surface area contributed by atoms with Gasteiger partial charge in [0.25, 0.3) is 0 Å². The predicted molar refractivity (Wildman–Crippen MR) is 108 cm³/mol. The minimum absolute atomic E-state index is 0.0209. The van der Waals surface area contributed by atoms with Crippen molar-refractivity contribution in [3.63, 3.8) is 0 Å². The van der Waals surface area contributed by atoms with Crippen LogP contribution >= 0.6 is 11.6 Å². The van der Waals surface area contributed by atoms with E-state index in [1.165, 1.54) is 12.1 Å². The molecule has 0 aliphatic carbocycles. The highest BCUT2D eigenvalue weighted by atomic mass is 35.5. The van der Waals surface area contributed by atoms with Crippen LogP contribution < -0.4 is 9.47 Å². The van der Waals surface area contributed by atoms with Gasteiger partial charge in [-0.3, -0.25) is 0 Å². The van der Waals surface area contributed by atoms with E-state index in [2.05, 4.69) is 0 Å². The number of hydrogen-bond acceptors (Lipinski definition) is 6. The van der Waals surface area contributed by atoms with Crippen LogP contribution in [0.15, 0.2) is 36.4 Å². The van der Waals surface area contributed by atoms with Gasteiger partial charge >= 0.3 is 11.9 Å². The third-order valence-electron chi connectivity index (χ3n) is 4.51. The van der Waals surface area contributed by atoms with E-state index in [4.69, 9.17) is 30.5 Å². The van der Waals surface area contributed by atoms with Crippen molar-refractivity contribution in [2.24, 2.45) is 0 Å². The summed E-state index contributed by atoms with van der Waals surface area (Å²) >= 11 is 6.12. The molecule has 3 rings (SSSR count). The molecular formula is C22H23ClO6. The van der Waals surface area contributed by atoms with Gasteiger partial charge in [-0.05, 0) is 74.2 Å². The van der Waals surface area contributed by atoms with E-state index in [1.807, 2.05) is 13.8 Å². The number of rotatable bonds is 7. The van der Waals surface area contributed by atoms with Crippen LogP contribution in [0.4, 0.5) is 0 Å². The molecule has 0 amide bonds. The standard InChI is InChI=1S/C22H23ClO6/c1-14-10-19(11-15(2)21(14)23)27-13-20(24)29-17-7-5-16(6-8-17)22(25)28-12-18-4-3-9-26-18/h5-8,10-11,18H,3-4,9,12-13H2,1-2H3. The summed E-state index contributed by atoms with van der Waals surface area (Å²) in [4.78, 5) is 24.1. The highest BCUT2D eigenvalue weighted by Crippen LogP contribution is 2.26. The van der Waals surface area contributed by atoms with Gasteiger partial charge in [-0.25, -0.2) is 9.59 Å². The van der Waals surface area contributed by atoms with Crippen molar-refractivity contribution in [3.8, 4) is 11.5 Å². The van der Waals surface area contributed by atoms with Gasteiger partial charge in [0.15, 0.2) is 6.61 Å². The molecule has 0 saturated carbocycles. The highest BCUT2D eigenvalue weighted by Gasteiger charge is 2.18. The number of esters is 2. The van der Waals surface area contributed by atoms with Gasteiger partial charge in [-0.2, -0.15) is 0 Å². The fourth-order valence-corrected chi connectivity index (χ4v) is 3.09. The van der Waals surface area contributed by atoms with Crippen LogP contribution in [-0.4, -0.2) is 37.9 Å². The molecule has 1 atom stereocenters. The van der Waals surface area contributed by atoms with Crippen molar-refractivity contribution in [3.05, 3.63) is 58.1 Å². The second-order valence-corrected chi connectivity index (χ2v) is 7.27. The zero-order valence-electron chi connectivity index (χ0n) is 16.4. The first-order valence-electron chi connectivity index (χ1n) is 9.41. The Hall–Kier alpha value is -2.57. The van der Waals surface area contributed by atoms with E-state index in [1.54, 1.807) is 24.3 Å². The highest BCUT2D eigenvalue weighted by molar-refractivity contribution is 6.32. The minimum atomic E-state index is -0.552. The van der Waals surface area contributed by atoms with Crippen molar-refractivity contribution >= 4 is 23.5 Å². The molecule has 1 aliphatic rings. The van der Waals surface area contributed by atoms with Gasteiger partial charge in [0.1, 0.15) is 18.1 Å². The van der Waals surface area contributed by atoms with E-state index in [0.717, 1.165) is 24.0 Å². The number of ether oxygens (including phenoxy) is 4. The van der Waals surface area contributed by atoms with Crippen LogP contribution in [0, 0.1) is 13.8 Å². The van der Waals surface area contributed by atoms with Gasteiger partial charge in [0, 0.05) is 11.6 Å². The molecule has 1 aliphatic heterocycles. The lowest BCUT2D eigenvalue weighted by atomic mass is 10.1. The Morgan fingerprint density at radius 3 is 2.41 bits per heavy atom. The maximum Gasteiger partial charge on any atom is 0.349 e. The summed E-state index contributed by atoms with van der Waals surface area (Å²) < 4.78 is 21.4. The molecule has 2 aromatic carbocycles. The summed E-state index contributed by atoms with van der Waals surface area (Å²) in [5.41, 5.74) is 2.13. The van der Waals surface area contributed by atoms with Crippen LogP contribution in [0.25, 0.3) is 0 Å². The number of benzene rings is 2. The Balaban J connectivity index is 1.47. The summed E-state index contributed by atoms with van der Waals surface area (Å²) in [6.45, 7) is 4.45. The maximum absolute atomic E-state index is 12.1.